The summed E-state index contributed by atoms with van der Waals surface area (Å²) in [5, 5.41) is 2.93. The van der Waals surface area contributed by atoms with E-state index in [2.05, 4.69) is 27.9 Å². The Morgan fingerprint density at radius 1 is 1.29 bits per heavy atom. The van der Waals surface area contributed by atoms with E-state index in [1.54, 1.807) is 14.0 Å². The van der Waals surface area contributed by atoms with Gasteiger partial charge in [-0.05, 0) is 66.8 Å². The number of ether oxygens (including phenoxy) is 1. The Hall–Kier alpha value is -1.57. The van der Waals surface area contributed by atoms with E-state index in [9.17, 15) is 9.59 Å². The summed E-state index contributed by atoms with van der Waals surface area (Å²) in [6.07, 6.45) is 4.05. The summed E-state index contributed by atoms with van der Waals surface area (Å²) in [6.45, 7) is 1.80. The van der Waals surface area contributed by atoms with E-state index in [1.807, 2.05) is 24.3 Å². The van der Waals surface area contributed by atoms with Crippen molar-refractivity contribution in [3.8, 4) is 0 Å². The number of nitrogens with one attached hydrogen (secondary N) is 1. The molecule has 1 aliphatic carbocycles. The molecule has 0 saturated heterocycles. The number of hydrogen-bond acceptors (Lipinski definition) is 3. The predicted molar refractivity (Wildman–Crippen MR) is 99.2 cm³/mol. The molecule has 6 heteroatoms. The molecule has 1 aromatic carbocycles. The minimum absolute atomic E-state index is 0.00349. The van der Waals surface area contributed by atoms with Crippen LogP contribution in [-0.2, 0) is 9.53 Å². The quantitative estimate of drug-likeness (QED) is 0.576. The Labute approximate surface area is 155 Å². The molecule has 1 aliphatic heterocycles. The lowest BCUT2D eigenvalue weighted by Gasteiger charge is -2.34. The molecule has 1 saturated carbocycles. The molecule has 0 radical (unpaired) electrons. The number of allylic oxidation sites excluding steroid dienone is 1. The molecule has 0 unspecified atom stereocenters. The van der Waals surface area contributed by atoms with E-state index < -0.39 is 6.04 Å². The van der Waals surface area contributed by atoms with Gasteiger partial charge in [0.05, 0.1) is 11.6 Å². The second kappa shape index (κ2) is 7.13. The normalized spacial score (nSPS) is 21.9. The van der Waals surface area contributed by atoms with Gasteiger partial charge in [-0.1, -0.05) is 18.2 Å². The molecule has 24 heavy (non-hydrogen) atoms. The van der Waals surface area contributed by atoms with E-state index in [0.717, 1.165) is 34.8 Å². The number of benzene rings is 1. The van der Waals surface area contributed by atoms with Crippen LogP contribution < -0.4 is 5.32 Å². The van der Waals surface area contributed by atoms with Gasteiger partial charge in [0.25, 0.3) is 0 Å². The van der Waals surface area contributed by atoms with Gasteiger partial charge in [0.15, 0.2) is 0 Å². The number of urea groups is 1. The molecule has 3 rings (SSSR count). The van der Waals surface area contributed by atoms with Gasteiger partial charge >= 0.3 is 12.0 Å². The molecule has 1 atom stereocenters. The summed E-state index contributed by atoms with van der Waals surface area (Å²) in [5.74, 6) is -0.323. The molecular formula is C18H21IN2O3. The summed E-state index contributed by atoms with van der Waals surface area (Å²) < 4.78 is 6.72. The highest BCUT2D eigenvalue weighted by molar-refractivity contribution is 14.1. The fraction of sp³-hybridized carbons (Fsp3) is 0.444. The lowest BCUT2D eigenvalue weighted by Crippen LogP contribution is -2.46. The van der Waals surface area contributed by atoms with Crippen molar-refractivity contribution in [3.63, 3.8) is 0 Å². The van der Waals surface area contributed by atoms with Crippen molar-refractivity contribution in [3.05, 3.63) is 44.7 Å². The molecule has 5 nitrogen and oxygen atoms in total. The van der Waals surface area contributed by atoms with Crippen LogP contribution in [0.1, 0.15) is 44.2 Å². The van der Waals surface area contributed by atoms with Gasteiger partial charge < -0.3 is 15.0 Å². The fourth-order valence-electron chi connectivity index (χ4n) is 3.26. The van der Waals surface area contributed by atoms with Crippen LogP contribution in [0, 0.1) is 3.57 Å². The van der Waals surface area contributed by atoms with Crippen molar-refractivity contribution in [1.29, 1.82) is 0 Å². The van der Waals surface area contributed by atoms with Gasteiger partial charge in [-0.25, -0.2) is 9.59 Å². The largest absolute Gasteiger partial charge is 0.459 e. The van der Waals surface area contributed by atoms with Crippen molar-refractivity contribution in [2.45, 2.75) is 44.8 Å². The second-order valence-corrected chi connectivity index (χ2v) is 7.44. The molecule has 1 N–H and O–H groups in total. The summed E-state index contributed by atoms with van der Waals surface area (Å²) in [4.78, 5) is 26.6. The Balaban J connectivity index is 1.97. The first-order valence-corrected chi connectivity index (χ1v) is 9.27. The van der Waals surface area contributed by atoms with Crippen LogP contribution in [0.4, 0.5) is 4.79 Å². The maximum absolute atomic E-state index is 12.9. The van der Waals surface area contributed by atoms with Crippen molar-refractivity contribution >= 4 is 34.6 Å². The molecule has 1 fully saturated rings. The molecule has 0 bridgehead atoms. The van der Waals surface area contributed by atoms with Crippen molar-refractivity contribution < 1.29 is 14.3 Å². The number of amides is 2. The van der Waals surface area contributed by atoms with E-state index >= 15 is 0 Å². The van der Waals surface area contributed by atoms with E-state index in [4.69, 9.17) is 4.74 Å². The monoisotopic (exact) mass is 440 g/mol. The molecule has 0 aromatic heterocycles. The van der Waals surface area contributed by atoms with E-state index in [1.165, 1.54) is 4.90 Å². The first-order chi connectivity index (χ1) is 11.5. The Bertz CT molecular complexity index is 695. The van der Waals surface area contributed by atoms with Gasteiger partial charge in [-0.3, -0.25) is 0 Å². The molecule has 0 spiro atoms. The summed E-state index contributed by atoms with van der Waals surface area (Å²) in [5.41, 5.74) is 2.08. The number of carbonyl (C=O) groups excluding carboxylic acids is 2. The highest BCUT2D eigenvalue weighted by atomic mass is 127. The van der Waals surface area contributed by atoms with Crippen LogP contribution in [0.5, 0.6) is 0 Å². The number of hydrogen-bond donors (Lipinski definition) is 1. The van der Waals surface area contributed by atoms with Gasteiger partial charge in [-0.2, -0.15) is 0 Å². The SMILES string of the molecule is CC1=C(C(=O)OC2CCCC2)[C@H](c2ccccc2I)NC(=O)N1C. The summed E-state index contributed by atoms with van der Waals surface area (Å²) >= 11 is 2.23. The maximum atomic E-state index is 12.9. The molecular weight excluding hydrogens is 419 g/mol. The van der Waals surface area contributed by atoms with Crippen molar-refractivity contribution in [1.82, 2.24) is 10.2 Å². The predicted octanol–water partition coefficient (Wildman–Crippen LogP) is 3.75. The smallest absolute Gasteiger partial charge is 0.338 e. The Morgan fingerprint density at radius 3 is 2.62 bits per heavy atom. The lowest BCUT2D eigenvalue weighted by molar-refractivity contribution is -0.144. The third-order valence-electron chi connectivity index (χ3n) is 4.77. The standard InChI is InChI=1S/C18H21IN2O3/c1-11-15(17(22)24-12-7-3-4-8-12)16(20-18(23)21(11)2)13-9-5-6-10-14(13)19/h5-6,9-10,12,16H,3-4,7-8H2,1-2H3,(H,20,23)/t16-/m0/s1. The van der Waals surface area contributed by atoms with Crippen molar-refractivity contribution in [2.75, 3.05) is 7.05 Å². The van der Waals surface area contributed by atoms with Gasteiger partial charge in [-0.15, -0.1) is 0 Å². The molecule has 2 aliphatic rings. The van der Waals surface area contributed by atoms with Gasteiger partial charge in [0.2, 0.25) is 0 Å². The molecule has 1 aromatic rings. The molecule has 128 valence electrons. The number of nitrogens with zero attached hydrogens (tertiary/aromatic N) is 1. The highest BCUT2D eigenvalue weighted by Crippen LogP contribution is 2.34. The minimum Gasteiger partial charge on any atom is -0.459 e. The van der Waals surface area contributed by atoms with Gasteiger partial charge in [0.1, 0.15) is 6.10 Å². The van der Waals surface area contributed by atoms with Crippen LogP contribution in [0.3, 0.4) is 0 Å². The third-order valence-corrected chi connectivity index (χ3v) is 5.75. The average Bonchev–Trinajstić information content (AvgIpc) is 3.05. The van der Waals surface area contributed by atoms with Crippen LogP contribution in [0.2, 0.25) is 0 Å². The zero-order valence-electron chi connectivity index (χ0n) is 13.8. The van der Waals surface area contributed by atoms with Crippen LogP contribution in [-0.4, -0.2) is 30.1 Å². The number of esters is 1. The maximum Gasteiger partial charge on any atom is 0.338 e. The first kappa shape index (κ1) is 17.3. The van der Waals surface area contributed by atoms with Crippen LogP contribution in [0.15, 0.2) is 35.5 Å². The summed E-state index contributed by atoms with van der Waals surface area (Å²) in [7, 11) is 1.67. The van der Waals surface area contributed by atoms with Crippen LogP contribution in [0.25, 0.3) is 0 Å². The van der Waals surface area contributed by atoms with E-state index in [0.29, 0.717) is 11.3 Å². The number of carbonyl (C=O) groups is 2. The average molecular weight is 440 g/mol. The fourth-order valence-corrected chi connectivity index (χ4v) is 3.96. The summed E-state index contributed by atoms with van der Waals surface area (Å²) in [6, 6.07) is 7.07. The Morgan fingerprint density at radius 2 is 1.96 bits per heavy atom. The van der Waals surface area contributed by atoms with Crippen LogP contribution >= 0.6 is 22.6 Å². The zero-order chi connectivity index (χ0) is 17.3. The molecule has 1 heterocycles. The number of rotatable bonds is 3. The third kappa shape index (κ3) is 3.29. The minimum atomic E-state index is -0.476. The molecule has 2 amide bonds. The lowest BCUT2D eigenvalue weighted by atomic mass is 9.95. The topological polar surface area (TPSA) is 58.6 Å². The second-order valence-electron chi connectivity index (χ2n) is 6.27. The first-order valence-electron chi connectivity index (χ1n) is 8.19. The van der Waals surface area contributed by atoms with Crippen molar-refractivity contribution in [2.24, 2.45) is 0 Å². The number of halogens is 1. The Kier molecular flexibility index (Phi) is 5.12. The zero-order valence-corrected chi connectivity index (χ0v) is 16.0. The van der Waals surface area contributed by atoms with Gasteiger partial charge in [0, 0.05) is 16.3 Å². The highest BCUT2D eigenvalue weighted by Gasteiger charge is 2.36. The van der Waals surface area contributed by atoms with E-state index in [-0.39, 0.29) is 18.1 Å².